The number of unbranched alkanes of at least 4 members (excludes halogenated alkanes) is 24. The summed E-state index contributed by atoms with van der Waals surface area (Å²) in [5, 5.41) is 16.8. The molecular formula is C41H87N3O6P+. The molecule has 3 atom stereocenters. The summed E-state index contributed by atoms with van der Waals surface area (Å²) in [7, 11) is 1.92. The van der Waals surface area contributed by atoms with Crippen molar-refractivity contribution >= 4 is 13.7 Å². The van der Waals surface area contributed by atoms with Gasteiger partial charge in [0.1, 0.15) is 6.23 Å². The molecule has 0 aliphatic rings. The van der Waals surface area contributed by atoms with Crippen LogP contribution in [0, 0.1) is 0 Å². The summed E-state index contributed by atoms with van der Waals surface area (Å²) in [6, 6.07) is -0.520. The van der Waals surface area contributed by atoms with Crippen molar-refractivity contribution in [1.82, 2.24) is 10.6 Å². The zero-order valence-corrected chi connectivity index (χ0v) is 35.3. The Hall–Kier alpha value is -0.540. The normalized spacial score (nSPS) is 14.4. The number of phosphoric ester groups is 1. The van der Waals surface area contributed by atoms with Crippen molar-refractivity contribution in [3.8, 4) is 0 Å². The predicted octanol–water partition coefficient (Wildman–Crippen LogP) is 10.6. The van der Waals surface area contributed by atoms with E-state index in [9.17, 15) is 19.4 Å². The number of rotatable bonds is 40. The molecule has 4 N–H and O–H groups in total. The molecule has 0 aromatic carbocycles. The summed E-state index contributed by atoms with van der Waals surface area (Å²) in [5.74, 6) is -0.0420. The van der Waals surface area contributed by atoms with Crippen LogP contribution in [0.1, 0.15) is 200 Å². The third kappa shape index (κ3) is 39.0. The largest absolute Gasteiger partial charge is 0.472 e. The first-order valence-electron chi connectivity index (χ1n) is 21.6. The van der Waals surface area contributed by atoms with E-state index in [0.29, 0.717) is 19.3 Å². The zero-order chi connectivity index (χ0) is 37.9. The van der Waals surface area contributed by atoms with E-state index in [0.717, 1.165) is 43.1 Å². The Balaban J connectivity index is 4.39. The van der Waals surface area contributed by atoms with E-state index in [2.05, 4.69) is 45.6 Å². The van der Waals surface area contributed by atoms with Crippen LogP contribution in [0.5, 0.6) is 0 Å². The number of quaternary nitrogens is 1. The molecule has 0 saturated heterocycles. The molecule has 9 nitrogen and oxygen atoms in total. The van der Waals surface area contributed by atoms with Crippen LogP contribution in [0.3, 0.4) is 0 Å². The number of hydrogen-bond acceptors (Lipinski definition) is 6. The van der Waals surface area contributed by atoms with Crippen molar-refractivity contribution in [2.24, 2.45) is 0 Å². The number of amides is 1. The van der Waals surface area contributed by atoms with Gasteiger partial charge in [-0.3, -0.25) is 19.2 Å². The van der Waals surface area contributed by atoms with Gasteiger partial charge in [0.2, 0.25) is 5.91 Å². The van der Waals surface area contributed by atoms with Gasteiger partial charge in [-0.05, 0) is 19.3 Å². The van der Waals surface area contributed by atoms with Crippen LogP contribution in [-0.2, 0) is 18.4 Å². The third-order valence-corrected chi connectivity index (χ3v) is 10.7. The summed E-state index contributed by atoms with van der Waals surface area (Å²) in [6.07, 6.45) is 33.8. The number of aliphatic hydroxyl groups excluding tert-OH is 1. The summed E-state index contributed by atoms with van der Waals surface area (Å²) in [6.45, 7) is 5.50. The molecule has 51 heavy (non-hydrogen) atoms. The average Bonchev–Trinajstić information content (AvgIpc) is 3.08. The maximum absolute atomic E-state index is 12.6. The lowest BCUT2D eigenvalue weighted by molar-refractivity contribution is -0.870. The second-order valence-electron chi connectivity index (χ2n) is 16.2. The van der Waals surface area contributed by atoms with Gasteiger partial charge in [0.05, 0.1) is 46.9 Å². The van der Waals surface area contributed by atoms with Gasteiger partial charge in [-0.25, -0.2) is 4.57 Å². The molecule has 0 aromatic rings. The molecule has 10 heteroatoms. The van der Waals surface area contributed by atoms with Crippen molar-refractivity contribution in [2.75, 3.05) is 47.4 Å². The van der Waals surface area contributed by atoms with Crippen molar-refractivity contribution in [1.29, 1.82) is 0 Å². The quantitative estimate of drug-likeness (QED) is 0.0213. The minimum absolute atomic E-state index is 0.0420. The molecule has 1 amide bonds. The molecule has 0 saturated carbocycles. The Morgan fingerprint density at radius 2 is 1.04 bits per heavy atom. The highest BCUT2D eigenvalue weighted by Gasteiger charge is 2.25. The van der Waals surface area contributed by atoms with E-state index in [1.54, 1.807) is 0 Å². The zero-order valence-electron chi connectivity index (χ0n) is 34.4. The molecule has 3 unspecified atom stereocenters. The minimum atomic E-state index is -4.26. The van der Waals surface area contributed by atoms with Crippen molar-refractivity contribution in [3.63, 3.8) is 0 Å². The molecule has 0 aromatic heterocycles. The van der Waals surface area contributed by atoms with Gasteiger partial charge in [-0.15, -0.1) is 0 Å². The second-order valence-corrected chi connectivity index (χ2v) is 17.6. The number of carbonyl (C=O) groups is 1. The molecular weight excluding hydrogens is 661 g/mol. The van der Waals surface area contributed by atoms with Gasteiger partial charge >= 0.3 is 7.82 Å². The second kappa shape index (κ2) is 35.2. The van der Waals surface area contributed by atoms with Crippen LogP contribution < -0.4 is 10.6 Å². The SMILES string of the molecule is CCCCCCCCCCCCCCCC(=O)NCC(COP(=O)(O)OCCC[N+](C)(C)C)NC(O)CCCCCCCCCCCCCCC. The molecule has 0 fully saturated rings. The van der Waals surface area contributed by atoms with E-state index < -0.39 is 20.1 Å². The fourth-order valence-corrected chi connectivity index (χ4v) is 7.25. The van der Waals surface area contributed by atoms with E-state index >= 15 is 0 Å². The summed E-state index contributed by atoms with van der Waals surface area (Å²) >= 11 is 0. The molecule has 0 heterocycles. The first-order chi connectivity index (χ1) is 24.5. The fraction of sp³-hybridized carbons (Fsp3) is 0.976. The number of nitrogens with zero attached hydrogens (tertiary/aromatic N) is 1. The van der Waals surface area contributed by atoms with Gasteiger partial charge in [0, 0.05) is 19.4 Å². The van der Waals surface area contributed by atoms with E-state index in [-0.39, 0.29) is 25.7 Å². The molecule has 0 rings (SSSR count). The lowest BCUT2D eigenvalue weighted by atomic mass is 10.0. The number of nitrogens with one attached hydrogen (secondary N) is 2. The van der Waals surface area contributed by atoms with Gasteiger partial charge in [-0.1, -0.05) is 168 Å². The fourth-order valence-electron chi connectivity index (χ4n) is 6.45. The molecule has 306 valence electrons. The van der Waals surface area contributed by atoms with Crippen LogP contribution in [0.25, 0.3) is 0 Å². The molecule has 0 spiro atoms. The van der Waals surface area contributed by atoms with Crippen LogP contribution in [-0.4, -0.2) is 80.1 Å². The first-order valence-corrected chi connectivity index (χ1v) is 23.1. The van der Waals surface area contributed by atoms with Crippen LogP contribution in [0.4, 0.5) is 0 Å². The Labute approximate surface area is 316 Å². The van der Waals surface area contributed by atoms with Crippen LogP contribution in [0.2, 0.25) is 0 Å². The standard InChI is InChI=1S/C41H86N3O6P/c1-6-8-10-12-14-16-18-20-22-24-26-28-30-33-40(45)42-37-39(38-50-51(47,48)49-36-32-35-44(3,4)5)43-41(46)34-31-29-27-25-23-21-19-17-15-13-11-9-7-2/h39,41,43,46H,6-38H2,1-5H3,(H-,42,45,47,48)/p+1. The lowest BCUT2D eigenvalue weighted by Gasteiger charge is -2.25. The lowest BCUT2D eigenvalue weighted by Crippen LogP contribution is -2.48. The van der Waals surface area contributed by atoms with Crippen LogP contribution in [0.15, 0.2) is 0 Å². The summed E-state index contributed by atoms with van der Waals surface area (Å²) in [4.78, 5) is 22.9. The van der Waals surface area contributed by atoms with Gasteiger partial charge in [-0.2, -0.15) is 0 Å². The Morgan fingerprint density at radius 3 is 1.47 bits per heavy atom. The molecule has 0 radical (unpaired) electrons. The van der Waals surface area contributed by atoms with Crippen molar-refractivity contribution in [3.05, 3.63) is 0 Å². The maximum Gasteiger partial charge on any atom is 0.472 e. The minimum Gasteiger partial charge on any atom is -0.379 e. The Morgan fingerprint density at radius 1 is 0.627 bits per heavy atom. The Bertz CT molecular complexity index is 813. The van der Waals surface area contributed by atoms with Gasteiger partial charge in [0.25, 0.3) is 0 Å². The van der Waals surface area contributed by atoms with Crippen molar-refractivity contribution in [2.45, 2.75) is 212 Å². The van der Waals surface area contributed by atoms with Gasteiger partial charge < -0.3 is 19.8 Å². The van der Waals surface area contributed by atoms with Crippen LogP contribution >= 0.6 is 7.82 Å². The monoisotopic (exact) mass is 749 g/mol. The molecule has 0 aliphatic heterocycles. The number of carbonyl (C=O) groups excluding carboxylic acids is 1. The highest BCUT2D eigenvalue weighted by Crippen LogP contribution is 2.43. The van der Waals surface area contributed by atoms with E-state index in [1.807, 2.05) is 0 Å². The first kappa shape index (κ1) is 50.5. The predicted molar refractivity (Wildman–Crippen MR) is 216 cm³/mol. The number of hydrogen-bond donors (Lipinski definition) is 4. The highest BCUT2D eigenvalue weighted by molar-refractivity contribution is 7.47. The maximum atomic E-state index is 12.6. The number of phosphoric acid groups is 1. The molecule has 0 bridgehead atoms. The summed E-state index contributed by atoms with van der Waals surface area (Å²) in [5.41, 5.74) is 0. The topological polar surface area (TPSA) is 117 Å². The smallest absolute Gasteiger partial charge is 0.379 e. The number of aliphatic hydroxyl groups is 1. The summed E-state index contributed by atoms with van der Waals surface area (Å²) < 4.78 is 23.8. The van der Waals surface area contributed by atoms with Crippen molar-refractivity contribution < 1.29 is 32.9 Å². The highest BCUT2D eigenvalue weighted by atomic mass is 31.2. The van der Waals surface area contributed by atoms with E-state index in [1.165, 1.54) is 135 Å². The molecule has 0 aliphatic carbocycles. The van der Waals surface area contributed by atoms with Gasteiger partial charge in [0.15, 0.2) is 0 Å². The third-order valence-electron chi connectivity index (χ3n) is 9.73. The van der Waals surface area contributed by atoms with E-state index in [4.69, 9.17) is 9.05 Å². The average molecular weight is 749 g/mol. The Kier molecular flexibility index (Phi) is 34.8.